The van der Waals surface area contributed by atoms with Crippen molar-refractivity contribution in [1.82, 2.24) is 19.7 Å². The van der Waals surface area contributed by atoms with Crippen molar-refractivity contribution < 1.29 is 26.4 Å². The fourth-order valence-corrected chi connectivity index (χ4v) is 4.22. The Hall–Kier alpha value is -2.63. The molecule has 0 aliphatic carbocycles. The lowest BCUT2D eigenvalue weighted by Gasteiger charge is -2.14. The fourth-order valence-electron chi connectivity index (χ4n) is 2.58. The van der Waals surface area contributed by atoms with E-state index < -0.39 is 39.1 Å². The van der Waals surface area contributed by atoms with Crippen molar-refractivity contribution in [3.8, 4) is 5.69 Å². The summed E-state index contributed by atoms with van der Waals surface area (Å²) in [5.74, 6) is -1.18. The van der Waals surface area contributed by atoms with Gasteiger partial charge in [-0.2, -0.15) is 13.2 Å². The number of hydrogen-bond acceptors (Lipinski definition) is 5. The monoisotopic (exact) mass is 478 g/mol. The number of carbonyl (C=O) groups excluding carboxylic acids is 1. The van der Waals surface area contributed by atoms with Gasteiger partial charge in [-0.1, -0.05) is 40.5 Å². The Labute approximate surface area is 178 Å². The van der Waals surface area contributed by atoms with E-state index in [1.165, 1.54) is 37.3 Å². The van der Waals surface area contributed by atoms with Crippen LogP contribution in [0.5, 0.6) is 0 Å². The van der Waals surface area contributed by atoms with E-state index in [2.05, 4.69) is 10.3 Å². The average Bonchev–Trinajstić information content (AvgIpc) is 3.02. The van der Waals surface area contributed by atoms with E-state index in [1.54, 1.807) is 4.72 Å². The third-order valence-electron chi connectivity index (χ3n) is 3.96. The molecule has 1 heterocycles. The van der Waals surface area contributed by atoms with Crippen LogP contribution < -0.4 is 4.72 Å². The molecule has 0 aliphatic heterocycles. The lowest BCUT2D eigenvalue weighted by molar-refractivity contribution is -0.137. The lowest BCUT2D eigenvalue weighted by atomic mass is 10.1. The number of nitrogens with zero attached hydrogens (tertiary/aromatic N) is 3. The number of aromatic nitrogens is 3. The molecule has 158 valence electrons. The molecule has 2 aromatic carbocycles. The molecule has 3 aromatic rings. The number of carbonyl (C=O) groups is 1. The number of hydrogen-bond donors (Lipinski definition) is 1. The van der Waals surface area contributed by atoms with Gasteiger partial charge >= 0.3 is 6.18 Å². The van der Waals surface area contributed by atoms with Crippen molar-refractivity contribution in [3.63, 3.8) is 0 Å². The summed E-state index contributed by atoms with van der Waals surface area (Å²) < 4.78 is 67.5. The first-order valence-electron chi connectivity index (χ1n) is 8.03. The standard InChI is InChI=1S/C17H11Cl2F3N4O3S/c1-9-15(16(27)24-30(28,29)14-5-3-2-4-12(14)19)23-25-26(9)13-7-6-10(18)8-11(13)17(20,21)22/h2-8H,1H3,(H,24,27). The molecule has 1 N–H and O–H groups in total. The maximum absolute atomic E-state index is 13.4. The van der Waals surface area contributed by atoms with Gasteiger partial charge in [-0.05, 0) is 37.3 Å². The Kier molecular flexibility index (Phi) is 5.81. The molecular formula is C17H11Cl2F3N4O3S. The van der Waals surface area contributed by atoms with Gasteiger partial charge < -0.3 is 0 Å². The number of benzene rings is 2. The maximum atomic E-state index is 13.4. The Bertz CT molecular complexity index is 1240. The molecule has 0 saturated heterocycles. The zero-order valence-electron chi connectivity index (χ0n) is 14.9. The number of halogens is 5. The molecule has 3 rings (SSSR count). The Morgan fingerprint density at radius 2 is 1.80 bits per heavy atom. The van der Waals surface area contributed by atoms with Gasteiger partial charge in [0.2, 0.25) is 0 Å². The van der Waals surface area contributed by atoms with E-state index >= 15 is 0 Å². The van der Waals surface area contributed by atoms with Crippen molar-refractivity contribution in [2.24, 2.45) is 0 Å². The molecule has 0 spiro atoms. The van der Waals surface area contributed by atoms with Crippen LogP contribution >= 0.6 is 23.2 Å². The molecule has 0 atom stereocenters. The van der Waals surface area contributed by atoms with Gasteiger partial charge in [-0.3, -0.25) is 4.79 Å². The highest BCUT2D eigenvalue weighted by Gasteiger charge is 2.35. The lowest BCUT2D eigenvalue weighted by Crippen LogP contribution is -2.31. The summed E-state index contributed by atoms with van der Waals surface area (Å²) in [6, 6.07) is 8.41. The second-order valence-corrected chi connectivity index (χ2v) is 8.45. The van der Waals surface area contributed by atoms with Crippen LogP contribution in [0, 0.1) is 6.92 Å². The van der Waals surface area contributed by atoms with Crippen LogP contribution in [-0.4, -0.2) is 29.3 Å². The molecule has 0 unspecified atom stereocenters. The van der Waals surface area contributed by atoms with Gasteiger partial charge in [0.25, 0.3) is 15.9 Å². The first-order chi connectivity index (χ1) is 13.9. The molecule has 0 saturated carbocycles. The van der Waals surface area contributed by atoms with Crippen LogP contribution in [0.2, 0.25) is 10.0 Å². The van der Waals surface area contributed by atoms with Gasteiger partial charge in [0.05, 0.1) is 22.0 Å². The van der Waals surface area contributed by atoms with Crippen LogP contribution in [0.3, 0.4) is 0 Å². The minimum Gasteiger partial charge on any atom is -0.266 e. The topological polar surface area (TPSA) is 93.9 Å². The van der Waals surface area contributed by atoms with E-state index in [1.807, 2.05) is 0 Å². The zero-order chi connectivity index (χ0) is 22.3. The zero-order valence-corrected chi connectivity index (χ0v) is 17.2. The van der Waals surface area contributed by atoms with Crippen LogP contribution in [0.25, 0.3) is 5.69 Å². The number of rotatable bonds is 4. The minimum atomic E-state index is -4.76. The molecule has 0 bridgehead atoms. The first-order valence-corrected chi connectivity index (χ1v) is 10.3. The number of alkyl halides is 3. The largest absolute Gasteiger partial charge is 0.418 e. The summed E-state index contributed by atoms with van der Waals surface area (Å²) in [6.07, 6.45) is -4.76. The third kappa shape index (κ3) is 4.27. The molecule has 30 heavy (non-hydrogen) atoms. The highest BCUT2D eigenvalue weighted by Crippen LogP contribution is 2.35. The predicted molar refractivity (Wildman–Crippen MR) is 102 cm³/mol. The van der Waals surface area contributed by atoms with Gasteiger partial charge in [0.1, 0.15) is 4.90 Å². The Balaban J connectivity index is 1.99. The molecular weight excluding hydrogens is 468 g/mol. The second-order valence-electron chi connectivity index (χ2n) is 5.96. The summed E-state index contributed by atoms with van der Waals surface area (Å²) in [5, 5.41) is 6.85. The highest BCUT2D eigenvalue weighted by molar-refractivity contribution is 7.90. The first kappa shape index (κ1) is 22.1. The molecule has 7 nitrogen and oxygen atoms in total. The molecule has 1 amide bonds. The minimum absolute atomic E-state index is 0.116. The van der Waals surface area contributed by atoms with Crippen LogP contribution in [0.4, 0.5) is 13.2 Å². The van der Waals surface area contributed by atoms with E-state index in [-0.39, 0.29) is 20.6 Å². The van der Waals surface area contributed by atoms with Crippen LogP contribution in [-0.2, 0) is 16.2 Å². The van der Waals surface area contributed by atoms with E-state index in [0.29, 0.717) is 6.07 Å². The fraction of sp³-hybridized carbons (Fsp3) is 0.118. The van der Waals surface area contributed by atoms with E-state index in [4.69, 9.17) is 23.2 Å². The Morgan fingerprint density at radius 1 is 1.13 bits per heavy atom. The van der Waals surface area contributed by atoms with Gasteiger partial charge in [0.15, 0.2) is 5.69 Å². The van der Waals surface area contributed by atoms with Crippen molar-refractivity contribution in [2.75, 3.05) is 0 Å². The van der Waals surface area contributed by atoms with E-state index in [9.17, 15) is 26.4 Å². The van der Waals surface area contributed by atoms with Crippen LogP contribution in [0.1, 0.15) is 21.7 Å². The smallest absolute Gasteiger partial charge is 0.266 e. The molecule has 1 aromatic heterocycles. The highest BCUT2D eigenvalue weighted by atomic mass is 35.5. The average molecular weight is 479 g/mol. The summed E-state index contributed by atoms with van der Waals surface area (Å²) in [5.41, 5.74) is -2.12. The molecule has 0 aliphatic rings. The molecule has 0 radical (unpaired) electrons. The van der Waals surface area contributed by atoms with Crippen molar-refractivity contribution in [3.05, 3.63) is 69.5 Å². The summed E-state index contributed by atoms with van der Waals surface area (Å²) in [4.78, 5) is 12.1. The van der Waals surface area contributed by atoms with Crippen molar-refractivity contribution in [2.45, 2.75) is 18.0 Å². The number of amides is 1. The maximum Gasteiger partial charge on any atom is 0.418 e. The summed E-state index contributed by atoms with van der Waals surface area (Å²) in [6.45, 7) is 1.27. The second kappa shape index (κ2) is 7.89. The van der Waals surface area contributed by atoms with E-state index in [0.717, 1.165) is 10.7 Å². The third-order valence-corrected chi connectivity index (χ3v) is 6.02. The number of sulfonamides is 1. The quantitative estimate of drug-likeness (QED) is 0.610. The van der Waals surface area contributed by atoms with Gasteiger partial charge in [-0.25, -0.2) is 17.8 Å². The van der Waals surface area contributed by atoms with Gasteiger partial charge in [-0.15, -0.1) is 5.10 Å². The van der Waals surface area contributed by atoms with Crippen molar-refractivity contribution >= 4 is 39.1 Å². The van der Waals surface area contributed by atoms with Gasteiger partial charge in [0, 0.05) is 5.02 Å². The summed E-state index contributed by atoms with van der Waals surface area (Å²) in [7, 11) is -4.35. The normalized spacial score (nSPS) is 12.1. The predicted octanol–water partition coefficient (Wildman–Crippen LogP) is 4.02. The number of nitrogens with one attached hydrogen (secondary N) is 1. The SMILES string of the molecule is Cc1c(C(=O)NS(=O)(=O)c2ccccc2Cl)nnn1-c1ccc(Cl)cc1C(F)(F)F. The molecule has 0 fully saturated rings. The summed E-state index contributed by atoms with van der Waals surface area (Å²) >= 11 is 11.5. The van der Waals surface area contributed by atoms with Crippen LogP contribution in [0.15, 0.2) is 47.4 Å². The Morgan fingerprint density at radius 3 is 2.43 bits per heavy atom. The van der Waals surface area contributed by atoms with Crippen molar-refractivity contribution in [1.29, 1.82) is 0 Å². The molecule has 13 heteroatoms.